The number of imidazole rings is 1. The third-order valence-corrected chi connectivity index (χ3v) is 2.80. The second-order valence-electron chi connectivity index (χ2n) is 3.24. The maximum Gasteiger partial charge on any atom is 0.193 e. The van der Waals surface area contributed by atoms with Crippen LogP contribution in [0.25, 0.3) is 4.96 Å². The molecule has 2 aromatic rings. The molecule has 0 aromatic carbocycles. The second kappa shape index (κ2) is 4.08. The summed E-state index contributed by atoms with van der Waals surface area (Å²) in [4.78, 5) is 5.37. The van der Waals surface area contributed by atoms with Crippen molar-refractivity contribution in [3.8, 4) is 0 Å². The standard InChI is InChI=1S/C9H13N3OS/c1-10-5-8(13)4-7-6-12-2-3-14-9(12)11-7/h2-3,6,8,10,13H,4-5H2,1H3. The Balaban J connectivity index is 2.08. The number of hydrogen-bond donors (Lipinski definition) is 2. The Hall–Kier alpha value is -0.910. The summed E-state index contributed by atoms with van der Waals surface area (Å²) in [6, 6.07) is 0. The molecule has 0 saturated carbocycles. The topological polar surface area (TPSA) is 49.6 Å². The largest absolute Gasteiger partial charge is 0.391 e. The van der Waals surface area contributed by atoms with E-state index in [1.54, 1.807) is 11.3 Å². The average molecular weight is 211 g/mol. The molecule has 0 fully saturated rings. The summed E-state index contributed by atoms with van der Waals surface area (Å²) in [7, 11) is 1.83. The van der Waals surface area contributed by atoms with Gasteiger partial charge in [0, 0.05) is 30.7 Å². The van der Waals surface area contributed by atoms with Crippen LogP contribution in [0.2, 0.25) is 0 Å². The highest BCUT2D eigenvalue weighted by Crippen LogP contribution is 2.12. The van der Waals surface area contributed by atoms with Gasteiger partial charge in [0.2, 0.25) is 0 Å². The number of likely N-dealkylation sites (N-methyl/N-ethyl adjacent to an activating group) is 1. The van der Waals surface area contributed by atoms with Gasteiger partial charge in [0.1, 0.15) is 0 Å². The number of fused-ring (bicyclic) bond motifs is 1. The Kier molecular flexibility index (Phi) is 2.81. The SMILES string of the molecule is CNCC(O)Cc1cn2ccsc2n1. The minimum atomic E-state index is -0.357. The van der Waals surface area contributed by atoms with Gasteiger partial charge in [-0.2, -0.15) is 0 Å². The Bertz CT molecular complexity index is 380. The quantitative estimate of drug-likeness (QED) is 0.775. The van der Waals surface area contributed by atoms with Gasteiger partial charge in [-0.25, -0.2) is 4.98 Å². The molecule has 2 rings (SSSR count). The lowest BCUT2D eigenvalue weighted by Gasteiger charge is -2.06. The Morgan fingerprint density at radius 3 is 3.29 bits per heavy atom. The first-order valence-electron chi connectivity index (χ1n) is 4.53. The number of hydrogen-bond acceptors (Lipinski definition) is 4. The predicted molar refractivity (Wildman–Crippen MR) is 56.7 cm³/mol. The highest BCUT2D eigenvalue weighted by molar-refractivity contribution is 7.15. The van der Waals surface area contributed by atoms with Gasteiger partial charge in [-0.05, 0) is 7.05 Å². The maximum atomic E-state index is 9.56. The van der Waals surface area contributed by atoms with E-state index in [0.717, 1.165) is 10.7 Å². The molecule has 0 radical (unpaired) electrons. The van der Waals surface area contributed by atoms with Crippen LogP contribution in [0.1, 0.15) is 5.69 Å². The third kappa shape index (κ3) is 1.95. The molecule has 4 nitrogen and oxygen atoms in total. The highest BCUT2D eigenvalue weighted by Gasteiger charge is 2.08. The highest BCUT2D eigenvalue weighted by atomic mass is 32.1. The van der Waals surface area contributed by atoms with Gasteiger partial charge in [-0.3, -0.25) is 4.40 Å². The Morgan fingerprint density at radius 2 is 2.57 bits per heavy atom. The molecule has 0 spiro atoms. The number of aliphatic hydroxyl groups is 1. The number of rotatable bonds is 4. The van der Waals surface area contributed by atoms with Crippen LogP contribution < -0.4 is 5.32 Å². The summed E-state index contributed by atoms with van der Waals surface area (Å²) in [6.07, 6.45) is 4.19. The van der Waals surface area contributed by atoms with Gasteiger partial charge in [0.25, 0.3) is 0 Å². The molecule has 5 heteroatoms. The fraction of sp³-hybridized carbons (Fsp3) is 0.444. The number of aliphatic hydroxyl groups excluding tert-OH is 1. The second-order valence-corrected chi connectivity index (χ2v) is 4.11. The van der Waals surface area contributed by atoms with Crippen LogP contribution >= 0.6 is 11.3 Å². The molecule has 0 aliphatic heterocycles. The van der Waals surface area contributed by atoms with Crippen molar-refractivity contribution < 1.29 is 5.11 Å². The summed E-state index contributed by atoms with van der Waals surface area (Å²) in [5, 5.41) is 14.5. The van der Waals surface area contributed by atoms with E-state index in [9.17, 15) is 5.11 Å². The summed E-state index contributed by atoms with van der Waals surface area (Å²) in [5.74, 6) is 0. The molecular weight excluding hydrogens is 198 g/mol. The number of nitrogens with one attached hydrogen (secondary N) is 1. The van der Waals surface area contributed by atoms with E-state index in [0.29, 0.717) is 13.0 Å². The van der Waals surface area contributed by atoms with Crippen molar-refractivity contribution in [1.82, 2.24) is 14.7 Å². The molecule has 2 N–H and O–H groups in total. The van der Waals surface area contributed by atoms with Crippen LogP contribution in [0.4, 0.5) is 0 Å². The monoisotopic (exact) mass is 211 g/mol. The van der Waals surface area contributed by atoms with Crippen molar-refractivity contribution >= 4 is 16.3 Å². The van der Waals surface area contributed by atoms with Crippen LogP contribution in [-0.4, -0.2) is 34.2 Å². The molecule has 76 valence electrons. The first-order valence-corrected chi connectivity index (χ1v) is 5.41. The molecule has 1 unspecified atom stereocenters. The molecule has 0 amide bonds. The molecule has 0 bridgehead atoms. The van der Waals surface area contributed by atoms with Gasteiger partial charge in [0.15, 0.2) is 4.96 Å². The van der Waals surface area contributed by atoms with Crippen LogP contribution in [0.15, 0.2) is 17.8 Å². The van der Waals surface area contributed by atoms with Crippen LogP contribution in [0.5, 0.6) is 0 Å². The van der Waals surface area contributed by atoms with E-state index in [2.05, 4.69) is 10.3 Å². The van der Waals surface area contributed by atoms with Crippen LogP contribution in [0, 0.1) is 0 Å². The fourth-order valence-corrected chi connectivity index (χ4v) is 2.14. The Morgan fingerprint density at radius 1 is 1.71 bits per heavy atom. The van der Waals surface area contributed by atoms with Crippen LogP contribution in [-0.2, 0) is 6.42 Å². The fourth-order valence-electron chi connectivity index (χ4n) is 1.42. The lowest BCUT2D eigenvalue weighted by molar-refractivity contribution is 0.174. The number of thiazole rings is 1. The van der Waals surface area contributed by atoms with Crippen molar-refractivity contribution in [2.75, 3.05) is 13.6 Å². The van der Waals surface area contributed by atoms with Gasteiger partial charge in [0.05, 0.1) is 11.8 Å². The van der Waals surface area contributed by atoms with Crippen molar-refractivity contribution in [1.29, 1.82) is 0 Å². The predicted octanol–water partition coefficient (Wildman–Crippen LogP) is 0.519. The van der Waals surface area contributed by atoms with E-state index in [-0.39, 0.29) is 6.10 Å². The molecule has 0 aliphatic carbocycles. The minimum absolute atomic E-state index is 0.357. The summed E-state index contributed by atoms with van der Waals surface area (Å²) in [5.41, 5.74) is 0.944. The zero-order valence-electron chi connectivity index (χ0n) is 7.97. The molecular formula is C9H13N3OS. The zero-order valence-corrected chi connectivity index (χ0v) is 8.79. The first-order chi connectivity index (χ1) is 6.79. The van der Waals surface area contributed by atoms with Crippen molar-refractivity contribution in [2.24, 2.45) is 0 Å². The van der Waals surface area contributed by atoms with Crippen LogP contribution in [0.3, 0.4) is 0 Å². The van der Waals surface area contributed by atoms with Gasteiger partial charge >= 0.3 is 0 Å². The van der Waals surface area contributed by atoms with E-state index >= 15 is 0 Å². The van der Waals surface area contributed by atoms with Crippen molar-refractivity contribution in [3.63, 3.8) is 0 Å². The Labute approximate surface area is 86.2 Å². The molecule has 1 atom stereocenters. The molecule has 2 aromatic heterocycles. The average Bonchev–Trinajstić information content (AvgIpc) is 2.63. The minimum Gasteiger partial charge on any atom is -0.391 e. The number of aromatic nitrogens is 2. The lowest BCUT2D eigenvalue weighted by atomic mass is 10.2. The van der Waals surface area contributed by atoms with E-state index in [1.165, 1.54) is 0 Å². The van der Waals surface area contributed by atoms with E-state index < -0.39 is 0 Å². The van der Waals surface area contributed by atoms with E-state index in [1.807, 2.05) is 29.2 Å². The third-order valence-electron chi connectivity index (χ3n) is 2.03. The van der Waals surface area contributed by atoms with E-state index in [4.69, 9.17) is 0 Å². The molecule has 2 heterocycles. The maximum absolute atomic E-state index is 9.56. The van der Waals surface area contributed by atoms with Gasteiger partial charge in [-0.1, -0.05) is 0 Å². The summed E-state index contributed by atoms with van der Waals surface area (Å²) < 4.78 is 1.98. The molecule has 0 aliphatic rings. The lowest BCUT2D eigenvalue weighted by Crippen LogP contribution is -2.25. The summed E-state index contributed by atoms with van der Waals surface area (Å²) >= 11 is 1.60. The van der Waals surface area contributed by atoms with Crippen molar-refractivity contribution in [3.05, 3.63) is 23.5 Å². The normalized spacial score (nSPS) is 13.6. The molecule has 14 heavy (non-hydrogen) atoms. The van der Waals surface area contributed by atoms with Gasteiger partial charge in [-0.15, -0.1) is 11.3 Å². The number of nitrogens with zero attached hydrogens (tertiary/aromatic N) is 2. The van der Waals surface area contributed by atoms with Crippen molar-refractivity contribution in [2.45, 2.75) is 12.5 Å². The summed E-state index contributed by atoms with van der Waals surface area (Å²) in [6.45, 7) is 0.602. The van der Waals surface area contributed by atoms with Gasteiger partial charge < -0.3 is 10.4 Å². The zero-order chi connectivity index (χ0) is 9.97. The smallest absolute Gasteiger partial charge is 0.193 e. The first kappa shape index (κ1) is 9.64. The molecule has 0 saturated heterocycles.